The molecule has 0 N–H and O–H groups in total. The standard InChI is InChI=1S/C27H23N3OS/c31-26-16-17-30(19-21(26)18-25-20-32-29-28-25)27(22-10-4-1-5-11-22,23-12-6-2-7-13-23)24-14-8-3-9-15-24/h1-15,18,20H,16-17,19H2. The summed E-state index contributed by atoms with van der Waals surface area (Å²) in [4.78, 5) is 15.3. The molecule has 5 heteroatoms. The summed E-state index contributed by atoms with van der Waals surface area (Å²) in [6.07, 6.45) is 2.36. The second kappa shape index (κ2) is 8.99. The summed E-state index contributed by atoms with van der Waals surface area (Å²) < 4.78 is 3.95. The van der Waals surface area contributed by atoms with Crippen molar-refractivity contribution in [1.29, 1.82) is 0 Å². The third-order valence-corrected chi connectivity index (χ3v) is 6.60. The first-order valence-corrected chi connectivity index (χ1v) is 11.5. The van der Waals surface area contributed by atoms with Crippen LogP contribution < -0.4 is 0 Å². The van der Waals surface area contributed by atoms with E-state index in [9.17, 15) is 4.79 Å². The van der Waals surface area contributed by atoms with Gasteiger partial charge in [-0.25, -0.2) is 0 Å². The molecule has 1 aromatic heterocycles. The van der Waals surface area contributed by atoms with Gasteiger partial charge >= 0.3 is 0 Å². The Morgan fingerprint density at radius 1 is 0.812 bits per heavy atom. The zero-order valence-corrected chi connectivity index (χ0v) is 18.4. The van der Waals surface area contributed by atoms with Gasteiger partial charge in [0.2, 0.25) is 0 Å². The molecule has 0 atom stereocenters. The maximum atomic E-state index is 12.9. The second-order valence-electron chi connectivity index (χ2n) is 7.90. The smallest absolute Gasteiger partial charge is 0.161 e. The lowest BCUT2D eigenvalue weighted by Crippen LogP contribution is -2.52. The predicted octanol–water partition coefficient (Wildman–Crippen LogP) is 5.19. The highest BCUT2D eigenvalue weighted by Crippen LogP contribution is 2.43. The van der Waals surface area contributed by atoms with Gasteiger partial charge in [0.25, 0.3) is 0 Å². The quantitative estimate of drug-likeness (QED) is 0.318. The molecule has 0 amide bonds. The number of nitrogens with zero attached hydrogens (tertiary/aromatic N) is 3. The molecule has 0 aliphatic carbocycles. The van der Waals surface area contributed by atoms with E-state index in [2.05, 4.69) is 87.3 Å². The molecule has 1 aliphatic rings. The van der Waals surface area contributed by atoms with Gasteiger partial charge in [0.05, 0.1) is 11.2 Å². The zero-order chi connectivity index (χ0) is 21.8. The van der Waals surface area contributed by atoms with E-state index < -0.39 is 5.54 Å². The lowest BCUT2D eigenvalue weighted by atomic mass is 9.74. The van der Waals surface area contributed by atoms with Crippen LogP contribution in [-0.2, 0) is 10.3 Å². The Kier molecular flexibility index (Phi) is 5.75. The van der Waals surface area contributed by atoms with Crippen LogP contribution in [0.2, 0.25) is 0 Å². The minimum atomic E-state index is -0.524. The number of rotatable bonds is 5. The van der Waals surface area contributed by atoms with Crippen molar-refractivity contribution in [2.75, 3.05) is 13.1 Å². The first-order chi connectivity index (χ1) is 15.8. The van der Waals surface area contributed by atoms with E-state index >= 15 is 0 Å². The molecule has 1 fully saturated rings. The summed E-state index contributed by atoms with van der Waals surface area (Å²) in [6.45, 7) is 1.21. The van der Waals surface area contributed by atoms with Gasteiger partial charge in [-0.1, -0.05) is 95.5 Å². The zero-order valence-electron chi connectivity index (χ0n) is 17.6. The lowest BCUT2D eigenvalue weighted by Gasteiger charge is -2.47. The van der Waals surface area contributed by atoms with Gasteiger partial charge in [-0.2, -0.15) is 0 Å². The molecule has 3 aromatic carbocycles. The molecule has 0 saturated carbocycles. The number of ketones is 1. The van der Waals surface area contributed by atoms with E-state index in [1.54, 1.807) is 0 Å². The topological polar surface area (TPSA) is 46.1 Å². The molecule has 158 valence electrons. The number of carbonyl (C=O) groups is 1. The average molecular weight is 438 g/mol. The molecule has 5 rings (SSSR count). The maximum Gasteiger partial charge on any atom is 0.161 e. The number of hydrogen-bond donors (Lipinski definition) is 0. The summed E-state index contributed by atoms with van der Waals surface area (Å²) in [6, 6.07) is 31.8. The molecule has 0 unspecified atom stereocenters. The molecule has 4 nitrogen and oxygen atoms in total. The van der Waals surface area contributed by atoms with E-state index in [1.165, 1.54) is 28.2 Å². The third kappa shape index (κ3) is 3.70. The number of carbonyl (C=O) groups excluding carboxylic acids is 1. The van der Waals surface area contributed by atoms with Crippen LogP contribution in [0.3, 0.4) is 0 Å². The Labute approximate surface area is 192 Å². The molecule has 0 spiro atoms. The van der Waals surface area contributed by atoms with Crippen molar-refractivity contribution in [3.63, 3.8) is 0 Å². The van der Waals surface area contributed by atoms with Gasteiger partial charge < -0.3 is 0 Å². The first kappa shape index (κ1) is 20.5. The monoisotopic (exact) mass is 437 g/mol. The average Bonchev–Trinajstić information content (AvgIpc) is 3.37. The Morgan fingerprint density at radius 2 is 1.34 bits per heavy atom. The van der Waals surface area contributed by atoms with E-state index in [0.717, 1.165) is 11.3 Å². The van der Waals surface area contributed by atoms with E-state index in [-0.39, 0.29) is 5.78 Å². The summed E-state index contributed by atoms with van der Waals surface area (Å²) in [5.41, 5.74) is 4.54. The molecule has 0 bridgehead atoms. The minimum absolute atomic E-state index is 0.178. The van der Waals surface area contributed by atoms with Crippen LogP contribution in [0.25, 0.3) is 6.08 Å². The van der Waals surface area contributed by atoms with Crippen LogP contribution in [0.15, 0.2) is 102 Å². The van der Waals surface area contributed by atoms with E-state index in [4.69, 9.17) is 0 Å². The summed E-state index contributed by atoms with van der Waals surface area (Å²) in [5.74, 6) is 0.178. The fourth-order valence-electron chi connectivity index (χ4n) is 4.68. The van der Waals surface area contributed by atoms with Gasteiger partial charge in [-0.15, -0.1) is 5.10 Å². The van der Waals surface area contributed by atoms with Crippen LogP contribution in [0.1, 0.15) is 28.8 Å². The molecule has 1 aliphatic heterocycles. The largest absolute Gasteiger partial charge is 0.294 e. The van der Waals surface area contributed by atoms with Crippen molar-refractivity contribution in [3.8, 4) is 0 Å². The predicted molar refractivity (Wildman–Crippen MR) is 128 cm³/mol. The number of hydrogen-bond acceptors (Lipinski definition) is 5. The molecule has 1 saturated heterocycles. The first-order valence-electron chi connectivity index (χ1n) is 10.7. The van der Waals surface area contributed by atoms with Crippen molar-refractivity contribution >= 4 is 23.4 Å². The Morgan fingerprint density at radius 3 is 1.81 bits per heavy atom. The van der Waals surface area contributed by atoms with Crippen molar-refractivity contribution in [2.24, 2.45) is 0 Å². The number of piperidine rings is 1. The van der Waals surface area contributed by atoms with Gasteiger partial charge in [-0.05, 0) is 34.3 Å². The van der Waals surface area contributed by atoms with Gasteiger partial charge in [0.15, 0.2) is 5.78 Å². The molecule has 2 heterocycles. The number of aromatic nitrogens is 2. The van der Waals surface area contributed by atoms with Crippen LogP contribution in [0.5, 0.6) is 0 Å². The fourth-order valence-corrected chi connectivity index (χ4v) is 5.09. The molecule has 0 radical (unpaired) electrons. The molecular formula is C27H23N3OS. The Hall–Kier alpha value is -3.41. The van der Waals surface area contributed by atoms with Crippen LogP contribution in [0, 0.1) is 0 Å². The minimum Gasteiger partial charge on any atom is -0.294 e. The maximum absolute atomic E-state index is 12.9. The van der Waals surface area contributed by atoms with Gasteiger partial charge in [0, 0.05) is 30.5 Å². The second-order valence-corrected chi connectivity index (χ2v) is 8.51. The number of benzene rings is 3. The van der Waals surface area contributed by atoms with Crippen LogP contribution in [-0.4, -0.2) is 33.4 Å². The van der Waals surface area contributed by atoms with E-state index in [1.807, 2.05) is 29.7 Å². The number of Topliss-reactive ketones (excluding diaryl/α,β-unsaturated/α-hetero) is 1. The van der Waals surface area contributed by atoms with Gasteiger partial charge in [0.1, 0.15) is 0 Å². The summed E-state index contributed by atoms with van der Waals surface area (Å²) >= 11 is 1.30. The normalized spacial score (nSPS) is 16.4. The highest BCUT2D eigenvalue weighted by molar-refractivity contribution is 7.03. The SMILES string of the molecule is O=C1CCN(C(c2ccccc2)(c2ccccc2)c2ccccc2)CC1=Cc1csnn1. The molecular weight excluding hydrogens is 414 g/mol. The Bertz CT molecular complexity index is 1110. The van der Waals surface area contributed by atoms with Crippen molar-refractivity contribution in [3.05, 3.63) is 124 Å². The van der Waals surface area contributed by atoms with Crippen LogP contribution >= 0.6 is 11.5 Å². The third-order valence-electron chi connectivity index (χ3n) is 6.08. The van der Waals surface area contributed by atoms with Crippen molar-refractivity contribution in [1.82, 2.24) is 14.5 Å². The van der Waals surface area contributed by atoms with Crippen LogP contribution in [0.4, 0.5) is 0 Å². The summed E-state index contributed by atoms with van der Waals surface area (Å²) in [7, 11) is 0. The Balaban J connectivity index is 1.72. The fraction of sp³-hybridized carbons (Fsp3) is 0.148. The highest BCUT2D eigenvalue weighted by atomic mass is 32.1. The molecule has 4 aromatic rings. The molecule has 32 heavy (non-hydrogen) atoms. The highest BCUT2D eigenvalue weighted by Gasteiger charge is 2.44. The summed E-state index contributed by atoms with van der Waals surface area (Å²) in [5, 5.41) is 6.00. The lowest BCUT2D eigenvalue weighted by molar-refractivity contribution is -0.117. The van der Waals surface area contributed by atoms with Gasteiger partial charge in [-0.3, -0.25) is 9.69 Å². The van der Waals surface area contributed by atoms with Crippen molar-refractivity contribution in [2.45, 2.75) is 12.0 Å². The van der Waals surface area contributed by atoms with Crippen molar-refractivity contribution < 1.29 is 4.79 Å². The number of likely N-dealkylation sites (tertiary alicyclic amines) is 1. The van der Waals surface area contributed by atoms with E-state index in [0.29, 0.717) is 19.5 Å².